The highest BCUT2D eigenvalue weighted by molar-refractivity contribution is 7.16. The van der Waals surface area contributed by atoms with E-state index in [0.29, 0.717) is 47.7 Å². The lowest BCUT2D eigenvalue weighted by atomic mass is 10.1. The molecule has 0 saturated carbocycles. The Morgan fingerprint density at radius 3 is 2.51 bits per heavy atom. The van der Waals surface area contributed by atoms with Crippen LogP contribution in [-0.4, -0.2) is 36.8 Å². The largest absolute Gasteiger partial charge is 0.493 e. The molecule has 180 valence electrons. The molecule has 0 fully saturated rings. The van der Waals surface area contributed by atoms with Crippen molar-refractivity contribution in [1.29, 1.82) is 0 Å². The SMILES string of the molecule is CCOC(=O)C=Cc1cc(OC)c(Oc2ccc(OCc3ccc4ncsc4c3)cn2)c(OC)c1. The van der Waals surface area contributed by atoms with Crippen molar-refractivity contribution in [3.8, 4) is 28.9 Å². The minimum atomic E-state index is -0.429. The van der Waals surface area contributed by atoms with Crippen LogP contribution < -0.4 is 18.9 Å². The first kappa shape index (κ1) is 24.0. The Labute approximate surface area is 206 Å². The van der Waals surface area contributed by atoms with Gasteiger partial charge < -0.3 is 23.7 Å². The van der Waals surface area contributed by atoms with E-state index in [1.165, 1.54) is 20.3 Å². The van der Waals surface area contributed by atoms with E-state index in [4.69, 9.17) is 23.7 Å². The number of carbonyl (C=O) groups excluding carboxylic acids is 1. The number of rotatable bonds is 10. The number of nitrogens with zero attached hydrogens (tertiary/aromatic N) is 2. The maximum atomic E-state index is 11.6. The Kier molecular flexibility index (Phi) is 7.79. The number of hydrogen-bond acceptors (Lipinski definition) is 9. The molecule has 0 radical (unpaired) electrons. The van der Waals surface area contributed by atoms with Gasteiger partial charge in [-0.05, 0) is 54.5 Å². The zero-order valence-electron chi connectivity index (χ0n) is 19.5. The lowest BCUT2D eigenvalue weighted by Gasteiger charge is -2.15. The summed E-state index contributed by atoms with van der Waals surface area (Å²) < 4.78 is 28.8. The van der Waals surface area contributed by atoms with Crippen molar-refractivity contribution in [3.05, 3.63) is 71.4 Å². The third-order valence-corrected chi connectivity index (χ3v) is 5.69. The van der Waals surface area contributed by atoms with E-state index in [1.807, 2.05) is 17.6 Å². The van der Waals surface area contributed by atoms with Crippen LogP contribution in [0.5, 0.6) is 28.9 Å². The fourth-order valence-corrected chi connectivity index (χ4v) is 3.97. The number of pyridine rings is 1. The number of carbonyl (C=O) groups is 1. The Bertz CT molecular complexity index is 1310. The first-order valence-corrected chi connectivity index (χ1v) is 11.7. The molecule has 35 heavy (non-hydrogen) atoms. The number of ether oxygens (including phenoxy) is 5. The van der Waals surface area contributed by atoms with Gasteiger partial charge in [0.2, 0.25) is 11.6 Å². The maximum absolute atomic E-state index is 11.6. The second-order valence-corrected chi connectivity index (χ2v) is 8.10. The van der Waals surface area contributed by atoms with Gasteiger partial charge in [-0.3, -0.25) is 0 Å². The summed E-state index contributed by atoms with van der Waals surface area (Å²) >= 11 is 1.60. The highest BCUT2D eigenvalue weighted by Crippen LogP contribution is 2.41. The summed E-state index contributed by atoms with van der Waals surface area (Å²) in [4.78, 5) is 20.2. The second kappa shape index (κ2) is 11.3. The second-order valence-electron chi connectivity index (χ2n) is 7.22. The zero-order valence-corrected chi connectivity index (χ0v) is 20.3. The summed E-state index contributed by atoms with van der Waals surface area (Å²) in [5.74, 6) is 1.74. The standard InChI is InChI=1S/C26H24N2O6S/c1-4-32-25(29)10-6-17-11-21(30-2)26(22(12-17)31-3)34-24-9-7-19(14-27-24)33-15-18-5-8-20-23(13-18)35-16-28-20/h5-14,16H,4,15H2,1-3H3. The van der Waals surface area contributed by atoms with Gasteiger partial charge in [-0.25, -0.2) is 14.8 Å². The van der Waals surface area contributed by atoms with Gasteiger partial charge in [0, 0.05) is 12.1 Å². The molecule has 2 aromatic heterocycles. The van der Waals surface area contributed by atoms with E-state index in [0.717, 1.165) is 15.8 Å². The van der Waals surface area contributed by atoms with E-state index in [1.54, 1.807) is 54.8 Å². The molecule has 9 heteroatoms. The maximum Gasteiger partial charge on any atom is 0.330 e. The summed E-state index contributed by atoms with van der Waals surface area (Å²) in [6.45, 7) is 2.47. The molecule has 0 atom stereocenters. The number of hydrogen-bond donors (Lipinski definition) is 0. The first-order chi connectivity index (χ1) is 17.1. The zero-order chi connectivity index (χ0) is 24.6. The van der Waals surface area contributed by atoms with Crippen LogP contribution in [0.15, 0.2) is 60.2 Å². The molecule has 4 aromatic rings. The summed E-state index contributed by atoms with van der Waals surface area (Å²) in [6, 6.07) is 13.0. The number of fused-ring (bicyclic) bond motifs is 1. The van der Waals surface area contributed by atoms with Gasteiger partial charge in [0.15, 0.2) is 11.5 Å². The van der Waals surface area contributed by atoms with E-state index >= 15 is 0 Å². The lowest BCUT2D eigenvalue weighted by molar-refractivity contribution is -0.137. The summed E-state index contributed by atoms with van der Waals surface area (Å²) in [7, 11) is 3.04. The van der Waals surface area contributed by atoms with E-state index in [9.17, 15) is 4.79 Å². The van der Waals surface area contributed by atoms with Gasteiger partial charge in [-0.1, -0.05) is 6.07 Å². The lowest BCUT2D eigenvalue weighted by Crippen LogP contribution is -1.99. The third kappa shape index (κ3) is 6.07. The van der Waals surface area contributed by atoms with Crippen LogP contribution in [-0.2, 0) is 16.1 Å². The molecule has 0 aliphatic carbocycles. The van der Waals surface area contributed by atoms with Crippen LogP contribution in [0.2, 0.25) is 0 Å². The summed E-state index contributed by atoms with van der Waals surface area (Å²) in [5, 5.41) is 0. The van der Waals surface area contributed by atoms with Gasteiger partial charge in [0.1, 0.15) is 12.4 Å². The third-order valence-electron chi connectivity index (χ3n) is 4.90. The molecule has 8 nitrogen and oxygen atoms in total. The molecule has 0 aliphatic heterocycles. The minimum Gasteiger partial charge on any atom is -0.493 e. The molecule has 2 heterocycles. The quantitative estimate of drug-likeness (QED) is 0.207. The van der Waals surface area contributed by atoms with Crippen molar-refractivity contribution < 1.29 is 28.5 Å². The van der Waals surface area contributed by atoms with Crippen molar-refractivity contribution in [3.63, 3.8) is 0 Å². The molecule has 0 N–H and O–H groups in total. The van der Waals surface area contributed by atoms with E-state index < -0.39 is 5.97 Å². The van der Waals surface area contributed by atoms with Crippen LogP contribution in [0, 0.1) is 0 Å². The Morgan fingerprint density at radius 1 is 1.03 bits per heavy atom. The average molecular weight is 493 g/mol. The van der Waals surface area contributed by atoms with Crippen LogP contribution in [0.1, 0.15) is 18.1 Å². The highest BCUT2D eigenvalue weighted by atomic mass is 32.1. The van der Waals surface area contributed by atoms with Crippen LogP contribution in [0.25, 0.3) is 16.3 Å². The van der Waals surface area contributed by atoms with Crippen molar-refractivity contribution in [2.24, 2.45) is 0 Å². The van der Waals surface area contributed by atoms with Crippen LogP contribution in [0.4, 0.5) is 0 Å². The topological polar surface area (TPSA) is 89.0 Å². The molecule has 0 amide bonds. The number of methoxy groups -OCH3 is 2. The van der Waals surface area contributed by atoms with E-state index in [2.05, 4.69) is 16.0 Å². The molecule has 0 saturated heterocycles. The Morgan fingerprint density at radius 2 is 1.83 bits per heavy atom. The summed E-state index contributed by atoms with van der Waals surface area (Å²) in [5.41, 5.74) is 4.55. The Balaban J connectivity index is 1.45. The van der Waals surface area contributed by atoms with Crippen LogP contribution in [0.3, 0.4) is 0 Å². The fraction of sp³-hybridized carbons (Fsp3) is 0.192. The average Bonchev–Trinajstić information content (AvgIpc) is 3.35. The predicted molar refractivity (Wildman–Crippen MR) is 133 cm³/mol. The number of aromatic nitrogens is 2. The van der Waals surface area contributed by atoms with E-state index in [-0.39, 0.29) is 0 Å². The number of benzene rings is 2. The Hall–Kier alpha value is -4.11. The van der Waals surface area contributed by atoms with Crippen molar-refractivity contribution in [1.82, 2.24) is 9.97 Å². The number of esters is 1. The number of thiazole rings is 1. The summed E-state index contributed by atoms with van der Waals surface area (Å²) in [6.07, 6.45) is 4.55. The predicted octanol–water partition coefficient (Wildman–Crippen LogP) is 5.66. The van der Waals surface area contributed by atoms with Gasteiger partial charge in [-0.2, -0.15) is 0 Å². The highest BCUT2D eigenvalue weighted by Gasteiger charge is 2.15. The fourth-order valence-electron chi connectivity index (χ4n) is 3.22. The molecule has 0 unspecified atom stereocenters. The molecule has 2 aromatic carbocycles. The molecule has 0 bridgehead atoms. The van der Waals surface area contributed by atoms with Gasteiger partial charge in [0.05, 0.1) is 42.8 Å². The molecule has 4 rings (SSSR count). The molecular formula is C26H24N2O6S. The van der Waals surface area contributed by atoms with Gasteiger partial charge in [0.25, 0.3) is 0 Å². The first-order valence-electron chi connectivity index (χ1n) is 10.8. The molecular weight excluding hydrogens is 468 g/mol. The van der Waals surface area contributed by atoms with Gasteiger partial charge >= 0.3 is 5.97 Å². The molecule has 0 aliphatic rings. The minimum absolute atomic E-state index is 0.308. The molecule has 0 spiro atoms. The van der Waals surface area contributed by atoms with Crippen molar-refractivity contribution in [2.45, 2.75) is 13.5 Å². The normalized spacial score (nSPS) is 10.9. The smallest absolute Gasteiger partial charge is 0.330 e. The van der Waals surface area contributed by atoms with Crippen LogP contribution >= 0.6 is 11.3 Å². The van der Waals surface area contributed by atoms with Crippen molar-refractivity contribution >= 4 is 33.6 Å². The van der Waals surface area contributed by atoms with Crippen molar-refractivity contribution in [2.75, 3.05) is 20.8 Å². The van der Waals surface area contributed by atoms with Gasteiger partial charge in [-0.15, -0.1) is 11.3 Å². The monoisotopic (exact) mass is 492 g/mol.